The van der Waals surface area contributed by atoms with Gasteiger partial charge in [-0.25, -0.2) is 0 Å². The Kier molecular flexibility index (Phi) is 4.82. The molecule has 0 aliphatic carbocycles. The number of carbonyl (C=O) groups excluding carboxylic acids is 1. The van der Waals surface area contributed by atoms with E-state index in [1.807, 2.05) is 0 Å². The van der Waals surface area contributed by atoms with Gasteiger partial charge in [0.2, 0.25) is 5.91 Å². The predicted molar refractivity (Wildman–Crippen MR) is 65.9 cm³/mol. The van der Waals surface area contributed by atoms with Crippen LogP contribution in [0, 0.1) is 17.8 Å². The normalized spacial score (nSPS) is 23.4. The molecule has 1 fully saturated rings. The van der Waals surface area contributed by atoms with Gasteiger partial charge in [-0.2, -0.15) is 0 Å². The van der Waals surface area contributed by atoms with Gasteiger partial charge >= 0.3 is 0 Å². The molecule has 2 N–H and O–H groups in total. The monoisotopic (exact) mass is 222 g/mol. The Balaban J connectivity index is 2.31. The largest absolute Gasteiger partial charge is 0.354 e. The maximum absolute atomic E-state index is 11.4. The summed E-state index contributed by atoms with van der Waals surface area (Å²) in [7, 11) is 0. The van der Waals surface area contributed by atoms with Crippen molar-refractivity contribution in [2.45, 2.75) is 45.6 Å². The Labute approximate surface area is 98.4 Å². The molecule has 0 aromatic carbocycles. The fourth-order valence-corrected chi connectivity index (χ4v) is 2.11. The minimum absolute atomic E-state index is 0.0566. The van der Waals surface area contributed by atoms with Crippen molar-refractivity contribution in [1.29, 1.82) is 0 Å². The molecule has 1 rings (SSSR count). The first-order valence-electron chi connectivity index (χ1n) is 6.00. The summed E-state index contributed by atoms with van der Waals surface area (Å²) in [6.07, 6.45) is 8.50. The zero-order chi connectivity index (χ0) is 12.0. The van der Waals surface area contributed by atoms with E-state index in [1.54, 1.807) is 0 Å². The van der Waals surface area contributed by atoms with Gasteiger partial charge in [-0.3, -0.25) is 4.79 Å². The third-order valence-corrected chi connectivity index (χ3v) is 3.33. The Bertz CT molecular complexity index is 278. The molecule has 16 heavy (non-hydrogen) atoms. The minimum Gasteiger partial charge on any atom is -0.354 e. The molecule has 1 amide bonds. The van der Waals surface area contributed by atoms with E-state index in [0.29, 0.717) is 25.4 Å². The van der Waals surface area contributed by atoms with Crippen molar-refractivity contribution < 1.29 is 4.79 Å². The molecule has 1 saturated heterocycles. The summed E-state index contributed by atoms with van der Waals surface area (Å²) in [6, 6.07) is 0.371. The number of hydrogen-bond acceptors (Lipinski definition) is 2. The van der Waals surface area contributed by atoms with Crippen LogP contribution in [0.1, 0.15) is 39.5 Å². The van der Waals surface area contributed by atoms with E-state index >= 15 is 0 Å². The highest BCUT2D eigenvalue weighted by molar-refractivity contribution is 5.76. The average Bonchev–Trinajstić information content (AvgIpc) is 2.24. The van der Waals surface area contributed by atoms with Crippen LogP contribution in [0.25, 0.3) is 0 Å². The molecule has 0 saturated carbocycles. The van der Waals surface area contributed by atoms with E-state index < -0.39 is 0 Å². The van der Waals surface area contributed by atoms with Crippen LogP contribution in [0.15, 0.2) is 0 Å². The van der Waals surface area contributed by atoms with Gasteiger partial charge in [0.1, 0.15) is 0 Å². The van der Waals surface area contributed by atoms with Gasteiger partial charge in [0.05, 0.1) is 0 Å². The second-order valence-electron chi connectivity index (χ2n) is 5.11. The van der Waals surface area contributed by atoms with Crippen LogP contribution >= 0.6 is 0 Å². The highest BCUT2D eigenvalue weighted by Crippen LogP contribution is 2.29. The zero-order valence-electron chi connectivity index (χ0n) is 10.3. The number of terminal acetylenes is 1. The van der Waals surface area contributed by atoms with Gasteiger partial charge in [0, 0.05) is 25.4 Å². The number of rotatable bonds is 4. The van der Waals surface area contributed by atoms with E-state index in [4.69, 9.17) is 6.42 Å². The average molecular weight is 222 g/mol. The Morgan fingerprint density at radius 2 is 2.38 bits per heavy atom. The van der Waals surface area contributed by atoms with Crippen molar-refractivity contribution in [3.63, 3.8) is 0 Å². The van der Waals surface area contributed by atoms with Gasteiger partial charge < -0.3 is 10.6 Å². The fourth-order valence-electron chi connectivity index (χ4n) is 2.11. The summed E-state index contributed by atoms with van der Waals surface area (Å²) in [6.45, 7) is 6.25. The molecule has 3 nitrogen and oxygen atoms in total. The fraction of sp³-hybridized carbons (Fsp3) is 0.769. The van der Waals surface area contributed by atoms with Crippen molar-refractivity contribution >= 4 is 5.91 Å². The van der Waals surface area contributed by atoms with E-state index in [-0.39, 0.29) is 11.3 Å². The Morgan fingerprint density at radius 3 is 3.00 bits per heavy atom. The standard InChI is InChI=1S/C13H22N2O/c1-4-5-7-12(16)15-10-11-13(2,3)8-6-9-14-11/h1,11,14H,5-10H2,2-3H3,(H,15,16). The summed E-state index contributed by atoms with van der Waals surface area (Å²) in [4.78, 5) is 11.4. The Hall–Kier alpha value is -1.01. The van der Waals surface area contributed by atoms with Crippen molar-refractivity contribution in [1.82, 2.24) is 10.6 Å². The molecule has 1 unspecified atom stereocenters. The molecule has 0 spiro atoms. The van der Waals surface area contributed by atoms with Crippen LogP contribution in [0.3, 0.4) is 0 Å². The lowest BCUT2D eigenvalue weighted by molar-refractivity contribution is -0.121. The van der Waals surface area contributed by atoms with Crippen molar-refractivity contribution in [3.8, 4) is 12.3 Å². The molecular formula is C13H22N2O. The number of amides is 1. The molecule has 1 heterocycles. The third kappa shape index (κ3) is 3.86. The van der Waals surface area contributed by atoms with Crippen LogP contribution in [0.4, 0.5) is 0 Å². The van der Waals surface area contributed by atoms with Gasteiger partial charge in [-0.1, -0.05) is 13.8 Å². The lowest BCUT2D eigenvalue weighted by Gasteiger charge is -2.39. The lowest BCUT2D eigenvalue weighted by Crippen LogP contribution is -2.52. The summed E-state index contributed by atoms with van der Waals surface area (Å²) in [5.41, 5.74) is 0.262. The highest BCUT2D eigenvalue weighted by atomic mass is 16.1. The first-order valence-corrected chi connectivity index (χ1v) is 6.00. The van der Waals surface area contributed by atoms with E-state index in [9.17, 15) is 4.79 Å². The second-order valence-corrected chi connectivity index (χ2v) is 5.11. The number of hydrogen-bond donors (Lipinski definition) is 2. The summed E-state index contributed by atoms with van der Waals surface area (Å²) in [5, 5.41) is 6.41. The van der Waals surface area contributed by atoms with Crippen molar-refractivity contribution in [2.24, 2.45) is 5.41 Å². The lowest BCUT2D eigenvalue weighted by atomic mass is 9.77. The van der Waals surface area contributed by atoms with Crippen LogP contribution in [-0.4, -0.2) is 25.0 Å². The Morgan fingerprint density at radius 1 is 1.62 bits per heavy atom. The summed E-state index contributed by atoms with van der Waals surface area (Å²) >= 11 is 0. The molecule has 1 atom stereocenters. The maximum atomic E-state index is 11.4. The molecule has 0 bridgehead atoms. The number of carbonyl (C=O) groups is 1. The van der Waals surface area contributed by atoms with Gasteiger partial charge in [0.25, 0.3) is 0 Å². The van der Waals surface area contributed by atoms with Gasteiger partial charge in [-0.05, 0) is 24.8 Å². The molecule has 1 aliphatic heterocycles. The summed E-state index contributed by atoms with van der Waals surface area (Å²) in [5.74, 6) is 2.53. The predicted octanol–water partition coefficient (Wildman–Crippen LogP) is 1.29. The SMILES string of the molecule is C#CCCC(=O)NCC1NCCCC1(C)C. The van der Waals surface area contributed by atoms with Crippen molar-refractivity contribution in [2.75, 3.05) is 13.1 Å². The maximum Gasteiger partial charge on any atom is 0.221 e. The van der Waals surface area contributed by atoms with Crippen LogP contribution in [0.5, 0.6) is 0 Å². The smallest absolute Gasteiger partial charge is 0.221 e. The summed E-state index contributed by atoms with van der Waals surface area (Å²) < 4.78 is 0. The van der Waals surface area contributed by atoms with E-state index in [0.717, 1.165) is 6.54 Å². The number of piperidine rings is 1. The second kappa shape index (κ2) is 5.91. The highest BCUT2D eigenvalue weighted by Gasteiger charge is 2.31. The van der Waals surface area contributed by atoms with Crippen LogP contribution < -0.4 is 10.6 Å². The molecular weight excluding hydrogens is 200 g/mol. The van der Waals surface area contributed by atoms with Crippen molar-refractivity contribution in [3.05, 3.63) is 0 Å². The molecule has 0 aromatic heterocycles. The number of nitrogens with one attached hydrogen (secondary N) is 2. The van der Waals surface area contributed by atoms with E-state index in [1.165, 1.54) is 12.8 Å². The van der Waals surface area contributed by atoms with E-state index in [2.05, 4.69) is 30.4 Å². The first kappa shape index (κ1) is 13.1. The molecule has 90 valence electrons. The molecule has 0 aromatic rings. The molecule has 0 radical (unpaired) electrons. The molecule has 1 aliphatic rings. The third-order valence-electron chi connectivity index (χ3n) is 3.33. The molecule has 3 heteroatoms. The zero-order valence-corrected chi connectivity index (χ0v) is 10.3. The van der Waals surface area contributed by atoms with Crippen LogP contribution in [0.2, 0.25) is 0 Å². The van der Waals surface area contributed by atoms with Crippen LogP contribution in [-0.2, 0) is 4.79 Å². The quantitative estimate of drug-likeness (QED) is 0.704. The minimum atomic E-state index is 0.0566. The topological polar surface area (TPSA) is 41.1 Å². The van der Waals surface area contributed by atoms with Gasteiger partial charge in [-0.15, -0.1) is 12.3 Å². The first-order chi connectivity index (χ1) is 7.56. The van der Waals surface area contributed by atoms with Gasteiger partial charge in [0.15, 0.2) is 0 Å².